The maximum Gasteiger partial charge on any atom is 0.240 e. The van der Waals surface area contributed by atoms with Gasteiger partial charge in [0.2, 0.25) is 15.9 Å². The highest BCUT2D eigenvalue weighted by Crippen LogP contribution is 2.26. The predicted molar refractivity (Wildman–Crippen MR) is 85.7 cm³/mol. The quantitative estimate of drug-likeness (QED) is 0.778. The van der Waals surface area contributed by atoms with Crippen molar-refractivity contribution in [1.29, 1.82) is 0 Å². The van der Waals surface area contributed by atoms with Crippen molar-refractivity contribution in [3.05, 3.63) is 23.2 Å². The van der Waals surface area contributed by atoms with Crippen molar-refractivity contribution in [2.24, 2.45) is 0 Å². The molecule has 0 fully saturated rings. The maximum absolute atomic E-state index is 12.2. The summed E-state index contributed by atoms with van der Waals surface area (Å²) in [5.74, 6) is 0.333. The highest BCUT2D eigenvalue weighted by molar-refractivity contribution is 7.89. The first-order chi connectivity index (χ1) is 10.3. The molecule has 6 nitrogen and oxygen atoms in total. The van der Waals surface area contributed by atoms with Crippen molar-refractivity contribution in [2.75, 3.05) is 26.7 Å². The fraction of sp³-hybridized carbons (Fsp3) is 0.500. The van der Waals surface area contributed by atoms with E-state index in [1.807, 2.05) is 6.92 Å². The second-order valence-electron chi connectivity index (χ2n) is 4.70. The summed E-state index contributed by atoms with van der Waals surface area (Å²) in [6.07, 6.45) is 0.820. The van der Waals surface area contributed by atoms with Crippen molar-refractivity contribution in [2.45, 2.75) is 25.2 Å². The van der Waals surface area contributed by atoms with E-state index < -0.39 is 10.0 Å². The summed E-state index contributed by atoms with van der Waals surface area (Å²) in [5.41, 5.74) is 0. The Hall–Kier alpha value is -1.31. The van der Waals surface area contributed by atoms with E-state index in [0.29, 0.717) is 18.8 Å². The normalized spacial score (nSPS) is 11.3. The lowest BCUT2D eigenvalue weighted by Crippen LogP contribution is -2.37. The molecule has 0 spiro atoms. The fourth-order valence-electron chi connectivity index (χ4n) is 1.91. The number of carbonyl (C=O) groups excluding carboxylic acids is 1. The smallest absolute Gasteiger partial charge is 0.240 e. The number of nitrogens with one attached hydrogen (secondary N) is 1. The minimum absolute atomic E-state index is 0.0585. The van der Waals surface area contributed by atoms with Gasteiger partial charge in [-0.1, -0.05) is 18.5 Å². The molecule has 1 N–H and O–H groups in total. The van der Waals surface area contributed by atoms with Gasteiger partial charge in [0.1, 0.15) is 5.75 Å². The number of carbonyl (C=O) groups is 1. The van der Waals surface area contributed by atoms with Crippen LogP contribution < -0.4 is 9.46 Å². The highest BCUT2D eigenvalue weighted by Gasteiger charge is 2.16. The number of benzene rings is 1. The summed E-state index contributed by atoms with van der Waals surface area (Å²) in [7, 11) is -2.22. The van der Waals surface area contributed by atoms with Crippen molar-refractivity contribution in [3.8, 4) is 5.75 Å². The molecule has 1 amide bonds. The van der Waals surface area contributed by atoms with E-state index in [4.69, 9.17) is 16.3 Å². The number of methoxy groups -OCH3 is 1. The van der Waals surface area contributed by atoms with E-state index in [1.54, 1.807) is 4.90 Å². The lowest BCUT2D eigenvalue weighted by atomic mass is 10.3. The number of nitrogens with zero attached hydrogens (tertiary/aromatic N) is 1. The largest absolute Gasteiger partial charge is 0.495 e. The zero-order valence-electron chi connectivity index (χ0n) is 12.9. The van der Waals surface area contributed by atoms with Gasteiger partial charge in [0.05, 0.1) is 17.0 Å². The molecule has 1 aromatic rings. The molecule has 1 aromatic carbocycles. The second-order valence-corrected chi connectivity index (χ2v) is 6.87. The molecule has 1 rings (SSSR count). The van der Waals surface area contributed by atoms with Crippen LogP contribution in [0.15, 0.2) is 23.1 Å². The van der Waals surface area contributed by atoms with Crippen LogP contribution in [0.1, 0.15) is 20.3 Å². The molecule has 0 saturated carbocycles. The topological polar surface area (TPSA) is 75.7 Å². The lowest BCUT2D eigenvalue weighted by Gasteiger charge is -2.20. The molecular weight excluding hydrogens is 328 g/mol. The van der Waals surface area contributed by atoms with Crippen LogP contribution in [-0.2, 0) is 14.8 Å². The van der Waals surface area contributed by atoms with Crippen molar-refractivity contribution < 1.29 is 17.9 Å². The van der Waals surface area contributed by atoms with E-state index in [9.17, 15) is 13.2 Å². The van der Waals surface area contributed by atoms with Crippen LogP contribution in [0.2, 0.25) is 5.02 Å². The zero-order chi connectivity index (χ0) is 16.8. The van der Waals surface area contributed by atoms with Crippen LogP contribution in [0, 0.1) is 0 Å². The summed E-state index contributed by atoms with van der Waals surface area (Å²) in [6, 6.07) is 4.25. The average molecular weight is 349 g/mol. The average Bonchev–Trinajstić information content (AvgIpc) is 2.46. The van der Waals surface area contributed by atoms with Gasteiger partial charge < -0.3 is 9.64 Å². The van der Waals surface area contributed by atoms with Gasteiger partial charge in [-0.15, -0.1) is 0 Å². The van der Waals surface area contributed by atoms with E-state index >= 15 is 0 Å². The van der Waals surface area contributed by atoms with Gasteiger partial charge in [-0.2, -0.15) is 0 Å². The second kappa shape index (κ2) is 8.36. The van der Waals surface area contributed by atoms with Gasteiger partial charge in [0, 0.05) is 26.6 Å². The van der Waals surface area contributed by atoms with Gasteiger partial charge >= 0.3 is 0 Å². The predicted octanol–water partition coefficient (Wildman–Crippen LogP) is 1.89. The SMILES string of the molecule is CCCN(CCNS(=O)(=O)c1ccc(OC)c(Cl)c1)C(C)=O. The Morgan fingerprint density at radius 2 is 2.05 bits per heavy atom. The summed E-state index contributed by atoms with van der Waals surface area (Å²) >= 11 is 5.93. The number of amides is 1. The number of sulfonamides is 1. The Morgan fingerprint density at radius 1 is 1.36 bits per heavy atom. The summed E-state index contributed by atoms with van der Waals surface area (Å²) < 4.78 is 31.8. The molecule has 0 heterocycles. The Bertz CT molecular complexity index is 619. The summed E-state index contributed by atoms with van der Waals surface area (Å²) in [6.45, 7) is 4.50. The molecule has 22 heavy (non-hydrogen) atoms. The summed E-state index contributed by atoms with van der Waals surface area (Å²) in [5, 5.41) is 0.224. The van der Waals surface area contributed by atoms with E-state index in [2.05, 4.69) is 4.72 Å². The van der Waals surface area contributed by atoms with Crippen molar-refractivity contribution >= 4 is 27.5 Å². The Kier molecular flexibility index (Phi) is 7.12. The van der Waals surface area contributed by atoms with E-state index in [0.717, 1.165) is 6.42 Å². The number of hydrogen-bond acceptors (Lipinski definition) is 4. The van der Waals surface area contributed by atoms with Crippen molar-refractivity contribution in [1.82, 2.24) is 9.62 Å². The molecule has 0 aromatic heterocycles. The van der Waals surface area contributed by atoms with E-state index in [1.165, 1.54) is 32.2 Å². The zero-order valence-corrected chi connectivity index (χ0v) is 14.5. The Labute approximate surface area is 136 Å². The Balaban J connectivity index is 2.71. The molecule has 0 unspecified atom stereocenters. The van der Waals surface area contributed by atoms with Crippen LogP contribution in [0.3, 0.4) is 0 Å². The molecule has 124 valence electrons. The number of ether oxygens (including phenoxy) is 1. The first-order valence-corrected chi connectivity index (χ1v) is 8.76. The first-order valence-electron chi connectivity index (χ1n) is 6.90. The molecule has 0 radical (unpaired) electrons. The standard InChI is InChI=1S/C14H21ClN2O4S/c1-4-8-17(11(2)18)9-7-16-22(19,20)12-5-6-14(21-3)13(15)10-12/h5-6,10,16H,4,7-9H2,1-3H3. The molecule has 0 atom stereocenters. The first kappa shape index (κ1) is 18.7. The minimum atomic E-state index is -3.67. The molecule has 0 bridgehead atoms. The van der Waals surface area contributed by atoms with Gasteiger partial charge in [-0.25, -0.2) is 13.1 Å². The van der Waals surface area contributed by atoms with Crippen molar-refractivity contribution in [3.63, 3.8) is 0 Å². The number of hydrogen-bond donors (Lipinski definition) is 1. The lowest BCUT2D eigenvalue weighted by molar-refractivity contribution is -0.128. The molecule has 0 aliphatic carbocycles. The van der Waals surface area contributed by atoms with Crippen LogP contribution >= 0.6 is 11.6 Å². The number of rotatable bonds is 8. The third-order valence-corrected chi connectivity index (χ3v) is 4.80. The van der Waals surface area contributed by atoms with Gasteiger partial charge in [-0.3, -0.25) is 4.79 Å². The minimum Gasteiger partial charge on any atom is -0.495 e. The Morgan fingerprint density at radius 3 is 2.55 bits per heavy atom. The molecule has 0 aliphatic rings. The van der Waals surface area contributed by atoms with Crippen LogP contribution in [0.4, 0.5) is 0 Å². The third kappa shape index (κ3) is 5.15. The van der Waals surface area contributed by atoms with E-state index in [-0.39, 0.29) is 22.4 Å². The molecular formula is C14H21ClN2O4S. The molecule has 0 saturated heterocycles. The number of halogens is 1. The van der Waals surface area contributed by atoms with Gasteiger partial charge in [-0.05, 0) is 24.6 Å². The third-order valence-electron chi connectivity index (χ3n) is 3.05. The van der Waals surface area contributed by atoms with Gasteiger partial charge in [0.25, 0.3) is 0 Å². The van der Waals surface area contributed by atoms with Gasteiger partial charge in [0.15, 0.2) is 0 Å². The monoisotopic (exact) mass is 348 g/mol. The van der Waals surface area contributed by atoms with Crippen LogP contribution in [-0.4, -0.2) is 46.0 Å². The maximum atomic E-state index is 12.2. The summed E-state index contributed by atoms with van der Waals surface area (Å²) in [4.78, 5) is 13.1. The molecule has 8 heteroatoms. The van der Waals surface area contributed by atoms with Crippen LogP contribution in [0.5, 0.6) is 5.75 Å². The fourth-order valence-corrected chi connectivity index (χ4v) is 3.28. The van der Waals surface area contributed by atoms with Crippen LogP contribution in [0.25, 0.3) is 0 Å². The highest BCUT2D eigenvalue weighted by atomic mass is 35.5. The molecule has 0 aliphatic heterocycles.